The molecule has 10 nitrogen and oxygen atoms in total. The molecule has 0 spiro atoms. The van der Waals surface area contributed by atoms with Crippen molar-refractivity contribution in [2.75, 3.05) is 40.8 Å². The van der Waals surface area contributed by atoms with Crippen molar-refractivity contribution in [3.63, 3.8) is 0 Å². The average molecular weight is 659 g/mol. The molecule has 4 rings (SSSR count). The fourth-order valence-corrected chi connectivity index (χ4v) is 6.48. The molecule has 0 bridgehead atoms. The quantitative estimate of drug-likeness (QED) is 0.125. The van der Waals surface area contributed by atoms with Gasteiger partial charge in [0.25, 0.3) is 0 Å². The molecule has 2 heterocycles. The van der Waals surface area contributed by atoms with Gasteiger partial charge in [0.05, 0.1) is 18.0 Å². The van der Waals surface area contributed by atoms with Gasteiger partial charge in [0.15, 0.2) is 5.82 Å². The number of amides is 1. The number of aromatic nitrogens is 3. The van der Waals surface area contributed by atoms with Crippen molar-refractivity contribution in [2.24, 2.45) is 0 Å². The molecule has 1 saturated heterocycles. The van der Waals surface area contributed by atoms with Gasteiger partial charge in [-0.2, -0.15) is 10.4 Å². The van der Waals surface area contributed by atoms with Crippen molar-refractivity contribution in [3.05, 3.63) is 81.6 Å². The lowest BCUT2D eigenvalue weighted by atomic mass is 9.69. The zero-order valence-electron chi connectivity index (χ0n) is 30.6. The third-order valence-corrected chi connectivity index (χ3v) is 9.06. The zero-order valence-corrected chi connectivity index (χ0v) is 30.6. The van der Waals surface area contributed by atoms with Crippen LogP contribution in [-0.2, 0) is 23.1 Å². The number of rotatable bonds is 13. The largest absolute Gasteiger partial charge is 0.392 e. The number of nitriles is 1. The molecule has 0 saturated carbocycles. The Morgan fingerprint density at radius 1 is 1.25 bits per heavy atom. The highest BCUT2D eigenvalue weighted by Crippen LogP contribution is 2.47. The summed E-state index contributed by atoms with van der Waals surface area (Å²) >= 11 is 0. The van der Waals surface area contributed by atoms with E-state index in [1.165, 1.54) is 16.7 Å². The van der Waals surface area contributed by atoms with Crippen LogP contribution < -0.4 is 16.0 Å². The van der Waals surface area contributed by atoms with Gasteiger partial charge in [-0.15, -0.1) is 0 Å². The lowest BCUT2D eigenvalue weighted by Gasteiger charge is -2.35. The number of allylic oxidation sites excluding steroid dienone is 4. The Kier molecular flexibility index (Phi) is 17.0. The normalized spacial score (nSPS) is 18.8. The number of nitrogens with one attached hydrogen (secondary N) is 4. The first-order valence-electron chi connectivity index (χ1n) is 17.4. The fourth-order valence-electron chi connectivity index (χ4n) is 6.48. The van der Waals surface area contributed by atoms with Crippen LogP contribution in [0.2, 0.25) is 0 Å². The second-order valence-electron chi connectivity index (χ2n) is 12.2. The third kappa shape index (κ3) is 9.97. The second-order valence-corrected chi connectivity index (χ2v) is 12.2. The smallest absolute Gasteiger partial charge is 0.237 e. The monoisotopic (exact) mass is 658 g/mol. The van der Waals surface area contributed by atoms with Gasteiger partial charge < -0.3 is 20.9 Å². The van der Waals surface area contributed by atoms with Crippen molar-refractivity contribution in [3.8, 4) is 6.07 Å². The lowest BCUT2D eigenvalue weighted by Crippen LogP contribution is -2.42. The topological polar surface area (TPSA) is 139 Å². The zero-order chi connectivity index (χ0) is 35.7. The van der Waals surface area contributed by atoms with Crippen LogP contribution in [0.15, 0.2) is 53.3 Å². The number of carbonyl (C=O) groups excluding carboxylic acids is 2. The molecule has 1 aromatic carbocycles. The van der Waals surface area contributed by atoms with Gasteiger partial charge in [0.2, 0.25) is 5.91 Å². The Labute approximate surface area is 288 Å². The highest BCUT2D eigenvalue weighted by atomic mass is 16.2. The van der Waals surface area contributed by atoms with Gasteiger partial charge in [-0.3, -0.25) is 14.7 Å². The van der Waals surface area contributed by atoms with Gasteiger partial charge >= 0.3 is 0 Å². The maximum Gasteiger partial charge on any atom is 0.237 e. The van der Waals surface area contributed by atoms with Gasteiger partial charge in [-0.1, -0.05) is 62.3 Å². The Balaban J connectivity index is 0.00000151. The number of benzene rings is 1. The number of aldehydes is 1. The summed E-state index contributed by atoms with van der Waals surface area (Å²) in [4.78, 5) is 31.4. The summed E-state index contributed by atoms with van der Waals surface area (Å²) in [7, 11) is 5.64. The minimum absolute atomic E-state index is 0.0436. The molecule has 2 aliphatic rings. The van der Waals surface area contributed by atoms with Crippen LogP contribution in [0.5, 0.6) is 0 Å². The molecule has 2 aromatic rings. The van der Waals surface area contributed by atoms with Crippen LogP contribution in [0.25, 0.3) is 0 Å². The molecule has 1 amide bonds. The van der Waals surface area contributed by atoms with E-state index in [-0.39, 0.29) is 18.5 Å². The molecule has 2 atom stereocenters. The van der Waals surface area contributed by atoms with Crippen molar-refractivity contribution < 1.29 is 9.59 Å². The minimum atomic E-state index is -0.651. The van der Waals surface area contributed by atoms with Gasteiger partial charge in [0, 0.05) is 37.7 Å². The van der Waals surface area contributed by atoms with E-state index in [9.17, 15) is 14.9 Å². The summed E-state index contributed by atoms with van der Waals surface area (Å²) in [5.74, 6) is 1.49. The van der Waals surface area contributed by atoms with Crippen LogP contribution in [0.1, 0.15) is 106 Å². The van der Waals surface area contributed by atoms with E-state index in [0.29, 0.717) is 30.9 Å². The predicted molar refractivity (Wildman–Crippen MR) is 195 cm³/mol. The molecule has 1 fully saturated rings. The Hall–Kier alpha value is -4.07. The van der Waals surface area contributed by atoms with Crippen molar-refractivity contribution >= 4 is 12.2 Å². The summed E-state index contributed by atoms with van der Waals surface area (Å²) in [6.07, 6.45) is 9.40. The van der Waals surface area contributed by atoms with Crippen LogP contribution in [0, 0.1) is 11.3 Å². The summed E-state index contributed by atoms with van der Waals surface area (Å²) in [6, 6.07) is 7.87. The molecule has 262 valence electrons. The number of hydrogen-bond acceptors (Lipinski definition) is 8. The highest BCUT2D eigenvalue weighted by Gasteiger charge is 2.43. The van der Waals surface area contributed by atoms with Crippen LogP contribution in [0.3, 0.4) is 0 Å². The molecule has 2 unspecified atom stereocenters. The van der Waals surface area contributed by atoms with Crippen molar-refractivity contribution in [2.45, 2.75) is 97.4 Å². The van der Waals surface area contributed by atoms with E-state index >= 15 is 0 Å². The Morgan fingerprint density at radius 3 is 2.60 bits per heavy atom. The fraction of sp³-hybridized carbons (Fsp3) is 0.553. The first-order chi connectivity index (χ1) is 23.2. The molecule has 0 radical (unpaired) electrons. The number of fused-ring (bicyclic) bond motifs is 1. The summed E-state index contributed by atoms with van der Waals surface area (Å²) in [5, 5.41) is 26.6. The van der Waals surface area contributed by atoms with E-state index in [2.05, 4.69) is 66.6 Å². The standard InChI is InChI=1S/C34H45N7O2.C2H7N.C2H6/c1-6-31-38-33(40-39-31)34(15-16-37-21-32(43)41-17-7-8-29(41)20-35)25(4)27(11-9-23(2)18-24(3)36-5)12-13-28-19-26(22-42)10-14-30(28)34;1-3-2;1-2/h9-10,14,19,22,29,36-37H,3,6-8,11-13,15-18,21H2,1-2,4-5H3,(H,38,39,40);3H,1-2H3;1-2H3/b23-9+;;. The van der Waals surface area contributed by atoms with Crippen LogP contribution in [0.4, 0.5) is 0 Å². The minimum Gasteiger partial charge on any atom is -0.392 e. The average Bonchev–Trinajstić information content (AvgIpc) is 3.78. The van der Waals surface area contributed by atoms with E-state index in [0.717, 1.165) is 73.9 Å². The molecule has 1 aliphatic carbocycles. The molecular formula is C38H58N8O2. The van der Waals surface area contributed by atoms with Crippen molar-refractivity contribution in [1.82, 2.24) is 36.0 Å². The van der Waals surface area contributed by atoms with Crippen molar-refractivity contribution in [1.29, 1.82) is 5.26 Å². The molecule has 1 aromatic heterocycles. The summed E-state index contributed by atoms with van der Waals surface area (Å²) < 4.78 is 0. The number of H-pyrrole nitrogens is 1. The highest BCUT2D eigenvalue weighted by molar-refractivity contribution is 5.79. The molecule has 48 heavy (non-hydrogen) atoms. The number of likely N-dealkylation sites (tertiary alicyclic amines) is 1. The SMILES string of the molecule is C=C(C/C(C)=C/CC1=C(C)C(CCNCC(=O)N2CCCC2C#N)(c2n[nH]c(CC)n2)c2ccc(C=O)cc2CC1)NC.CC.CNC. The van der Waals surface area contributed by atoms with E-state index in [1.807, 2.05) is 47.1 Å². The summed E-state index contributed by atoms with van der Waals surface area (Å²) in [6.45, 7) is 15.8. The van der Waals surface area contributed by atoms with Gasteiger partial charge in [0.1, 0.15) is 18.2 Å². The number of hydrogen-bond donors (Lipinski definition) is 4. The van der Waals surface area contributed by atoms with E-state index in [1.54, 1.807) is 4.90 Å². The first-order valence-corrected chi connectivity index (χ1v) is 17.4. The Bertz CT molecular complexity index is 1470. The number of aromatic amines is 1. The number of carbonyl (C=O) groups is 2. The Morgan fingerprint density at radius 2 is 1.98 bits per heavy atom. The van der Waals surface area contributed by atoms with Gasteiger partial charge in [-0.05, 0) is 90.2 Å². The van der Waals surface area contributed by atoms with E-state index in [4.69, 9.17) is 10.1 Å². The number of nitrogens with zero attached hydrogens (tertiary/aromatic N) is 4. The van der Waals surface area contributed by atoms with Crippen LogP contribution >= 0.6 is 0 Å². The molecule has 4 N–H and O–H groups in total. The third-order valence-electron chi connectivity index (χ3n) is 9.06. The first kappa shape index (κ1) is 40.1. The maximum absolute atomic E-state index is 13.0. The second kappa shape index (κ2) is 20.3. The molecular weight excluding hydrogens is 600 g/mol. The molecule has 1 aliphatic heterocycles. The van der Waals surface area contributed by atoms with E-state index < -0.39 is 5.41 Å². The maximum atomic E-state index is 13.0. The summed E-state index contributed by atoms with van der Waals surface area (Å²) in [5.41, 5.74) is 6.99. The van der Waals surface area contributed by atoms with Gasteiger partial charge in [-0.25, -0.2) is 4.98 Å². The molecule has 10 heteroatoms. The lowest BCUT2D eigenvalue weighted by molar-refractivity contribution is -0.130. The predicted octanol–water partition coefficient (Wildman–Crippen LogP) is 5.54. The van der Waals surface area contributed by atoms with Crippen LogP contribution in [-0.4, -0.2) is 79.1 Å². The number of aryl methyl sites for hydroxylation is 2.